The minimum atomic E-state index is -0.218. The Morgan fingerprint density at radius 1 is 1.03 bits per heavy atom. The molecule has 0 atom stereocenters. The van der Waals surface area contributed by atoms with Crippen molar-refractivity contribution in [2.24, 2.45) is 0 Å². The Hall–Kier alpha value is -3.41. The molecule has 0 bridgehead atoms. The molecule has 3 aromatic rings. The molecule has 6 heteroatoms. The average molecular weight is 475 g/mol. The van der Waals surface area contributed by atoms with Gasteiger partial charge in [0.05, 0.1) is 17.9 Å². The first kappa shape index (κ1) is 26.2. The lowest BCUT2D eigenvalue weighted by molar-refractivity contribution is -0.134. The fourth-order valence-corrected chi connectivity index (χ4v) is 3.87. The Bertz CT molecular complexity index is 1130. The second-order valence-electron chi connectivity index (χ2n) is 10.1. The summed E-state index contributed by atoms with van der Waals surface area (Å²) in [6.07, 6.45) is 2.87. The zero-order valence-electron chi connectivity index (χ0n) is 21.7. The number of unbranched alkanes of at least 4 members (excludes halogenated alkanes) is 1. The Balaban J connectivity index is 1.76. The van der Waals surface area contributed by atoms with Gasteiger partial charge in [0.25, 0.3) is 0 Å². The quantitative estimate of drug-likeness (QED) is 0.411. The molecule has 0 fully saturated rings. The van der Waals surface area contributed by atoms with Crippen LogP contribution in [-0.4, -0.2) is 39.6 Å². The number of carbonyl (C=O) groups excluding carboxylic acids is 2. The van der Waals surface area contributed by atoms with Crippen LogP contribution in [0.5, 0.6) is 0 Å². The van der Waals surface area contributed by atoms with Crippen molar-refractivity contribution in [1.29, 1.82) is 0 Å². The van der Waals surface area contributed by atoms with Crippen molar-refractivity contribution in [1.82, 2.24) is 14.7 Å². The Labute approximate surface area is 209 Å². The summed E-state index contributed by atoms with van der Waals surface area (Å²) in [5.41, 5.74) is 3.82. The number of anilines is 1. The monoisotopic (exact) mass is 474 g/mol. The summed E-state index contributed by atoms with van der Waals surface area (Å²) < 4.78 is 1.79. The van der Waals surface area contributed by atoms with Gasteiger partial charge in [0, 0.05) is 24.4 Å². The molecule has 186 valence electrons. The third kappa shape index (κ3) is 7.28. The number of aryl methyl sites for hydroxylation is 2. The molecule has 0 aliphatic carbocycles. The molecule has 2 aromatic carbocycles. The molecule has 0 saturated carbocycles. The Kier molecular flexibility index (Phi) is 8.85. The summed E-state index contributed by atoms with van der Waals surface area (Å²) in [6.45, 7) is 11.0. The third-order valence-electron chi connectivity index (χ3n) is 6.03. The fourth-order valence-electron chi connectivity index (χ4n) is 3.87. The van der Waals surface area contributed by atoms with Gasteiger partial charge in [-0.25, -0.2) is 4.68 Å². The summed E-state index contributed by atoms with van der Waals surface area (Å²) in [6, 6.07) is 19.9. The van der Waals surface area contributed by atoms with E-state index < -0.39 is 0 Å². The second kappa shape index (κ2) is 11.8. The van der Waals surface area contributed by atoms with Gasteiger partial charge in [-0.05, 0) is 37.0 Å². The maximum atomic E-state index is 13.1. The number of nitrogens with one attached hydrogen (secondary N) is 1. The molecule has 0 unspecified atom stereocenters. The van der Waals surface area contributed by atoms with Crippen molar-refractivity contribution >= 4 is 17.6 Å². The van der Waals surface area contributed by atoms with Crippen LogP contribution in [0, 0.1) is 6.92 Å². The summed E-state index contributed by atoms with van der Waals surface area (Å²) in [4.78, 5) is 27.8. The van der Waals surface area contributed by atoms with E-state index in [4.69, 9.17) is 5.10 Å². The van der Waals surface area contributed by atoms with Gasteiger partial charge in [0.1, 0.15) is 5.82 Å². The summed E-state index contributed by atoms with van der Waals surface area (Å²) in [5, 5.41) is 7.85. The number of hydrogen-bond donors (Lipinski definition) is 1. The van der Waals surface area contributed by atoms with E-state index in [1.165, 1.54) is 0 Å². The van der Waals surface area contributed by atoms with E-state index in [1.54, 1.807) is 9.58 Å². The number of para-hydroxylation sites is 1. The van der Waals surface area contributed by atoms with Gasteiger partial charge in [0.2, 0.25) is 11.8 Å². The smallest absolute Gasteiger partial charge is 0.245 e. The zero-order chi connectivity index (χ0) is 25.4. The molecule has 1 aromatic heterocycles. The van der Waals surface area contributed by atoms with Gasteiger partial charge in [0.15, 0.2) is 0 Å². The molecular formula is C29H38N4O2. The summed E-state index contributed by atoms with van der Waals surface area (Å²) in [7, 11) is 0. The standard InChI is InChI=1S/C29H38N4O2/c1-6-7-19-32(28(35)18-17-23-14-9-8-10-15-23)21-27(34)30-26-20-25(29(3,4)5)31-33(26)24-16-12-11-13-22(24)2/h8-16,20H,6-7,17-19,21H2,1-5H3,(H,30,34). The number of nitrogens with zero attached hydrogens (tertiary/aromatic N) is 3. The number of rotatable bonds is 10. The van der Waals surface area contributed by atoms with Crippen molar-refractivity contribution < 1.29 is 9.59 Å². The lowest BCUT2D eigenvalue weighted by atomic mass is 9.92. The highest BCUT2D eigenvalue weighted by atomic mass is 16.2. The van der Waals surface area contributed by atoms with Gasteiger partial charge in [-0.1, -0.05) is 82.6 Å². The van der Waals surface area contributed by atoms with E-state index in [2.05, 4.69) is 33.0 Å². The van der Waals surface area contributed by atoms with Crippen molar-refractivity contribution in [3.63, 3.8) is 0 Å². The van der Waals surface area contributed by atoms with E-state index in [-0.39, 0.29) is 23.8 Å². The molecular weight excluding hydrogens is 436 g/mol. The largest absolute Gasteiger partial charge is 0.333 e. The minimum absolute atomic E-state index is 0.000227. The van der Waals surface area contributed by atoms with Crippen molar-refractivity contribution in [2.45, 2.75) is 65.7 Å². The highest BCUT2D eigenvalue weighted by Gasteiger charge is 2.23. The van der Waals surface area contributed by atoms with Gasteiger partial charge < -0.3 is 10.2 Å². The first-order valence-corrected chi connectivity index (χ1v) is 12.5. The van der Waals surface area contributed by atoms with Crippen LogP contribution in [0.2, 0.25) is 0 Å². The van der Waals surface area contributed by atoms with Crippen LogP contribution in [0.3, 0.4) is 0 Å². The highest BCUT2D eigenvalue weighted by molar-refractivity contribution is 5.94. The lowest BCUT2D eigenvalue weighted by Gasteiger charge is -2.22. The predicted octanol–water partition coefficient (Wildman–Crippen LogP) is 5.68. The van der Waals surface area contributed by atoms with E-state index in [0.29, 0.717) is 25.2 Å². The van der Waals surface area contributed by atoms with Gasteiger partial charge in [-0.3, -0.25) is 9.59 Å². The molecule has 3 rings (SSSR count). The number of aromatic nitrogens is 2. The molecule has 6 nitrogen and oxygen atoms in total. The molecule has 1 heterocycles. The topological polar surface area (TPSA) is 67.2 Å². The number of amides is 2. The number of benzene rings is 2. The second-order valence-corrected chi connectivity index (χ2v) is 10.1. The van der Waals surface area contributed by atoms with Gasteiger partial charge in [-0.15, -0.1) is 0 Å². The zero-order valence-corrected chi connectivity index (χ0v) is 21.7. The molecule has 35 heavy (non-hydrogen) atoms. The average Bonchev–Trinajstić information content (AvgIpc) is 3.25. The first-order chi connectivity index (χ1) is 16.7. The van der Waals surface area contributed by atoms with Crippen LogP contribution in [0.4, 0.5) is 5.82 Å². The predicted molar refractivity (Wildman–Crippen MR) is 142 cm³/mol. The van der Waals surface area contributed by atoms with Gasteiger partial charge >= 0.3 is 0 Å². The summed E-state index contributed by atoms with van der Waals surface area (Å²) in [5.74, 6) is 0.394. The van der Waals surface area contributed by atoms with Crippen molar-refractivity contribution in [3.05, 3.63) is 77.5 Å². The van der Waals surface area contributed by atoms with Crippen LogP contribution in [0.1, 0.15) is 63.8 Å². The first-order valence-electron chi connectivity index (χ1n) is 12.5. The molecule has 0 aliphatic heterocycles. The molecule has 0 aliphatic rings. The minimum Gasteiger partial charge on any atom is -0.333 e. The number of hydrogen-bond acceptors (Lipinski definition) is 3. The lowest BCUT2D eigenvalue weighted by Crippen LogP contribution is -2.39. The molecule has 0 radical (unpaired) electrons. The van der Waals surface area contributed by atoms with Crippen molar-refractivity contribution in [2.75, 3.05) is 18.4 Å². The van der Waals surface area contributed by atoms with Crippen LogP contribution in [0.15, 0.2) is 60.7 Å². The van der Waals surface area contributed by atoms with Crippen LogP contribution < -0.4 is 5.32 Å². The van der Waals surface area contributed by atoms with Crippen LogP contribution in [0.25, 0.3) is 5.69 Å². The summed E-state index contributed by atoms with van der Waals surface area (Å²) >= 11 is 0. The van der Waals surface area contributed by atoms with Crippen molar-refractivity contribution in [3.8, 4) is 5.69 Å². The van der Waals surface area contributed by atoms with E-state index in [9.17, 15) is 9.59 Å². The number of carbonyl (C=O) groups is 2. The SMILES string of the molecule is CCCCN(CC(=O)Nc1cc(C(C)(C)C)nn1-c1ccccc1C)C(=O)CCc1ccccc1. The molecule has 2 amide bonds. The molecule has 1 N–H and O–H groups in total. The van der Waals surface area contributed by atoms with Crippen LogP contribution in [-0.2, 0) is 21.4 Å². The maximum Gasteiger partial charge on any atom is 0.245 e. The fraction of sp³-hybridized carbons (Fsp3) is 0.414. The van der Waals surface area contributed by atoms with E-state index in [1.807, 2.05) is 67.6 Å². The maximum absolute atomic E-state index is 13.1. The Morgan fingerprint density at radius 3 is 2.37 bits per heavy atom. The van der Waals surface area contributed by atoms with E-state index >= 15 is 0 Å². The normalized spacial score (nSPS) is 11.3. The third-order valence-corrected chi connectivity index (χ3v) is 6.03. The van der Waals surface area contributed by atoms with Gasteiger partial charge in [-0.2, -0.15) is 5.10 Å². The van der Waals surface area contributed by atoms with Crippen LogP contribution >= 0.6 is 0 Å². The van der Waals surface area contributed by atoms with E-state index in [0.717, 1.165) is 35.3 Å². The highest BCUT2D eigenvalue weighted by Crippen LogP contribution is 2.27. The Morgan fingerprint density at radius 2 is 1.71 bits per heavy atom. The molecule has 0 saturated heterocycles. The molecule has 0 spiro atoms.